The zero-order chi connectivity index (χ0) is 22.1. The largest absolute Gasteiger partial charge is 0.507 e. The van der Waals surface area contributed by atoms with Gasteiger partial charge in [0.05, 0.1) is 13.2 Å². The number of phenols is 2. The molecule has 3 aromatic rings. The number of phenolic OH excluding ortho intramolecular Hbond substituents is 2. The Balaban J connectivity index is 1.72. The molecule has 8 heteroatoms. The van der Waals surface area contributed by atoms with E-state index in [1.807, 2.05) is 36.2 Å². The summed E-state index contributed by atoms with van der Waals surface area (Å²) in [6, 6.07) is 10.1. The van der Waals surface area contributed by atoms with E-state index in [9.17, 15) is 20.1 Å². The Morgan fingerprint density at radius 1 is 1.19 bits per heavy atom. The Bertz CT molecular complexity index is 1140. The molecular formula is C23H25NO6S. The highest BCUT2D eigenvalue weighted by molar-refractivity contribution is 7.98. The molecule has 0 saturated carbocycles. The summed E-state index contributed by atoms with van der Waals surface area (Å²) in [5, 5.41) is 31.9. The van der Waals surface area contributed by atoms with Crippen LogP contribution in [0, 0.1) is 0 Å². The summed E-state index contributed by atoms with van der Waals surface area (Å²) in [5.74, 6) is 0.413. The first-order valence-electron chi connectivity index (χ1n) is 10.0. The number of benzene rings is 2. The van der Waals surface area contributed by atoms with Gasteiger partial charge in [-0.2, -0.15) is 0 Å². The average molecular weight is 444 g/mol. The molecule has 1 saturated heterocycles. The lowest BCUT2D eigenvalue weighted by Gasteiger charge is -2.34. The number of aliphatic hydroxyl groups is 1. The van der Waals surface area contributed by atoms with Gasteiger partial charge in [-0.15, -0.1) is 0 Å². The van der Waals surface area contributed by atoms with Gasteiger partial charge in [-0.05, 0) is 37.7 Å². The Morgan fingerprint density at radius 3 is 2.61 bits per heavy atom. The number of likely N-dealkylation sites (tertiary alicyclic amines) is 1. The normalized spacial score (nSPS) is 19.6. The van der Waals surface area contributed by atoms with E-state index in [4.69, 9.17) is 9.15 Å². The second-order valence-electron chi connectivity index (χ2n) is 7.82. The third kappa shape index (κ3) is 4.37. The summed E-state index contributed by atoms with van der Waals surface area (Å²) in [4.78, 5) is 14.8. The topological polar surface area (TPSA) is 103 Å². The number of aromatic hydroxyl groups is 2. The quantitative estimate of drug-likeness (QED) is 0.516. The average Bonchev–Trinajstić information content (AvgIpc) is 2.73. The van der Waals surface area contributed by atoms with Crippen molar-refractivity contribution in [1.82, 2.24) is 4.90 Å². The van der Waals surface area contributed by atoms with E-state index in [-0.39, 0.29) is 27.9 Å². The fourth-order valence-electron chi connectivity index (χ4n) is 4.03. The van der Waals surface area contributed by atoms with E-state index >= 15 is 0 Å². The molecule has 31 heavy (non-hydrogen) atoms. The Kier molecular flexibility index (Phi) is 6.13. The molecule has 0 radical (unpaired) electrons. The van der Waals surface area contributed by atoms with Crippen molar-refractivity contribution in [2.24, 2.45) is 0 Å². The Hall–Kier alpha value is -2.68. The molecule has 0 spiro atoms. The first-order chi connectivity index (χ1) is 14.9. The van der Waals surface area contributed by atoms with E-state index < -0.39 is 12.0 Å². The third-order valence-corrected chi connectivity index (χ3v) is 6.63. The minimum absolute atomic E-state index is 0.0210. The van der Waals surface area contributed by atoms with Gasteiger partial charge >= 0.3 is 0 Å². The number of hydrogen-bond donors (Lipinski definition) is 3. The number of methoxy groups -OCH3 is 1. The van der Waals surface area contributed by atoms with Crippen LogP contribution in [0.2, 0.25) is 0 Å². The van der Waals surface area contributed by atoms with Crippen LogP contribution in [0.4, 0.5) is 0 Å². The maximum absolute atomic E-state index is 12.8. The second kappa shape index (κ2) is 8.82. The standard InChI is InChI=1S/C23H25NO6S/c1-24-8-7-15(19(28)11-24)21-16(25)9-17(26)22-18(27)10-20(30-23(21)22)31-12-13-3-5-14(29-2)6-4-13/h3-6,9-10,15,19,25-26,28H,7-8,11-12H2,1-2H3/t15-,19+/m0/s1. The van der Waals surface area contributed by atoms with Gasteiger partial charge in [0.2, 0.25) is 0 Å². The molecule has 0 unspecified atom stereocenters. The van der Waals surface area contributed by atoms with Gasteiger partial charge in [0.25, 0.3) is 0 Å². The number of hydrogen-bond acceptors (Lipinski definition) is 8. The molecule has 2 aromatic carbocycles. The van der Waals surface area contributed by atoms with Crippen LogP contribution in [0.5, 0.6) is 17.2 Å². The molecule has 7 nitrogen and oxygen atoms in total. The van der Waals surface area contributed by atoms with E-state index in [1.54, 1.807) is 7.11 Å². The monoisotopic (exact) mass is 443 g/mol. The highest BCUT2D eigenvalue weighted by Gasteiger charge is 2.33. The lowest BCUT2D eigenvalue weighted by Crippen LogP contribution is -2.40. The van der Waals surface area contributed by atoms with Crippen LogP contribution in [0.15, 0.2) is 50.7 Å². The summed E-state index contributed by atoms with van der Waals surface area (Å²) >= 11 is 1.34. The van der Waals surface area contributed by atoms with Crippen LogP contribution < -0.4 is 10.2 Å². The van der Waals surface area contributed by atoms with Gasteiger partial charge in [-0.25, -0.2) is 0 Å². The summed E-state index contributed by atoms with van der Waals surface area (Å²) in [6.07, 6.45) is -0.129. The van der Waals surface area contributed by atoms with E-state index in [0.29, 0.717) is 29.4 Å². The number of β-amino-alcohol motifs (C(OH)–C–C–N with tert-alkyl or cyclic N) is 1. The summed E-state index contributed by atoms with van der Waals surface area (Å²) in [7, 11) is 3.53. The number of ether oxygens (including phenoxy) is 1. The fraction of sp³-hybridized carbons (Fsp3) is 0.348. The van der Waals surface area contributed by atoms with E-state index in [1.165, 1.54) is 17.8 Å². The van der Waals surface area contributed by atoms with Gasteiger partial charge in [-0.1, -0.05) is 23.9 Å². The SMILES string of the molecule is COc1ccc(CSc2cc(=O)c3c(O)cc(O)c([C@H]4CCN(C)C[C@H]4O)c3o2)cc1. The number of thioether (sulfide) groups is 1. The number of piperidine rings is 1. The zero-order valence-electron chi connectivity index (χ0n) is 17.4. The molecule has 4 rings (SSSR count). The van der Waals surface area contributed by atoms with Crippen molar-refractivity contribution in [2.75, 3.05) is 27.2 Å². The van der Waals surface area contributed by atoms with Gasteiger partial charge in [0.15, 0.2) is 10.5 Å². The minimum Gasteiger partial charge on any atom is -0.507 e. The molecule has 3 N–H and O–H groups in total. The second-order valence-corrected chi connectivity index (χ2v) is 8.80. The van der Waals surface area contributed by atoms with E-state index in [0.717, 1.165) is 23.9 Å². The maximum Gasteiger partial charge on any atom is 0.197 e. The summed E-state index contributed by atoms with van der Waals surface area (Å²) in [6.45, 7) is 1.18. The van der Waals surface area contributed by atoms with Crippen LogP contribution in [0.3, 0.4) is 0 Å². The lowest BCUT2D eigenvalue weighted by atomic mass is 9.85. The fourth-order valence-corrected chi connectivity index (χ4v) is 4.87. The van der Waals surface area contributed by atoms with Gasteiger partial charge in [-0.3, -0.25) is 4.79 Å². The van der Waals surface area contributed by atoms with Crippen molar-refractivity contribution in [3.8, 4) is 17.2 Å². The molecule has 2 atom stereocenters. The highest BCUT2D eigenvalue weighted by atomic mass is 32.2. The predicted molar refractivity (Wildman–Crippen MR) is 119 cm³/mol. The van der Waals surface area contributed by atoms with Crippen LogP contribution in [0.25, 0.3) is 11.0 Å². The molecule has 2 heterocycles. The number of nitrogens with zero attached hydrogens (tertiary/aromatic N) is 1. The molecular weight excluding hydrogens is 418 g/mol. The summed E-state index contributed by atoms with van der Waals surface area (Å²) in [5.41, 5.74) is 1.14. The molecule has 1 aromatic heterocycles. The molecule has 0 amide bonds. The molecule has 1 aliphatic rings. The van der Waals surface area contributed by atoms with Crippen LogP contribution in [-0.2, 0) is 5.75 Å². The molecule has 1 aliphatic heterocycles. The number of aliphatic hydroxyl groups excluding tert-OH is 1. The van der Waals surface area contributed by atoms with Crippen molar-refractivity contribution in [3.63, 3.8) is 0 Å². The third-order valence-electron chi connectivity index (χ3n) is 5.67. The smallest absolute Gasteiger partial charge is 0.197 e. The molecule has 0 bridgehead atoms. The highest BCUT2D eigenvalue weighted by Crippen LogP contribution is 2.42. The van der Waals surface area contributed by atoms with E-state index in [2.05, 4.69) is 0 Å². The van der Waals surface area contributed by atoms with Crippen molar-refractivity contribution in [1.29, 1.82) is 0 Å². The van der Waals surface area contributed by atoms with Crippen LogP contribution in [-0.4, -0.2) is 53.6 Å². The van der Waals surface area contributed by atoms with Gasteiger partial charge in [0, 0.05) is 35.9 Å². The molecule has 164 valence electrons. The zero-order valence-corrected chi connectivity index (χ0v) is 18.2. The first kappa shape index (κ1) is 21.5. The van der Waals surface area contributed by atoms with Crippen molar-refractivity contribution >= 4 is 22.7 Å². The number of rotatable bonds is 5. The van der Waals surface area contributed by atoms with Crippen molar-refractivity contribution in [3.05, 3.63) is 57.7 Å². The molecule has 1 fully saturated rings. The number of likely N-dealkylation sites (N-methyl/N-ethyl adjacent to an activating group) is 1. The van der Waals surface area contributed by atoms with Crippen LogP contribution in [0.1, 0.15) is 23.5 Å². The van der Waals surface area contributed by atoms with Gasteiger partial charge < -0.3 is 29.4 Å². The predicted octanol–water partition coefficient (Wildman–Crippen LogP) is 3.29. The molecule has 0 aliphatic carbocycles. The number of fused-ring (bicyclic) bond motifs is 1. The van der Waals surface area contributed by atoms with Crippen molar-refractivity contribution in [2.45, 2.75) is 29.3 Å². The van der Waals surface area contributed by atoms with Crippen LogP contribution >= 0.6 is 11.8 Å². The van der Waals surface area contributed by atoms with Crippen molar-refractivity contribution < 1.29 is 24.5 Å². The lowest BCUT2D eigenvalue weighted by molar-refractivity contribution is 0.0630. The first-order valence-corrected chi connectivity index (χ1v) is 11.0. The van der Waals surface area contributed by atoms with Gasteiger partial charge in [0.1, 0.15) is 28.2 Å². The Labute approximate surface area is 183 Å². The minimum atomic E-state index is -0.724. The maximum atomic E-state index is 12.8. The Morgan fingerprint density at radius 2 is 1.94 bits per heavy atom. The summed E-state index contributed by atoms with van der Waals surface area (Å²) < 4.78 is 11.2.